The van der Waals surface area contributed by atoms with E-state index in [1.807, 2.05) is 6.92 Å². The molecular weight excluding hydrogens is 330 g/mol. The molecule has 2 amide bonds. The molecule has 0 aliphatic carbocycles. The van der Waals surface area contributed by atoms with Crippen LogP contribution in [-0.2, 0) is 9.59 Å². The van der Waals surface area contributed by atoms with Gasteiger partial charge in [-0.2, -0.15) is 0 Å². The predicted molar refractivity (Wildman–Crippen MR) is 93.1 cm³/mol. The Labute approximate surface area is 147 Å². The third-order valence-corrected chi connectivity index (χ3v) is 4.31. The van der Waals surface area contributed by atoms with Crippen LogP contribution in [-0.4, -0.2) is 49.5 Å². The van der Waals surface area contributed by atoms with E-state index in [0.717, 1.165) is 18.4 Å². The van der Waals surface area contributed by atoms with Crippen LogP contribution in [0, 0.1) is 12.8 Å². The number of likely N-dealkylation sites (tertiary alicyclic amines) is 1. The largest absolute Gasteiger partial charge is 0.483 e. The molecule has 1 heterocycles. The highest BCUT2D eigenvalue weighted by Gasteiger charge is 2.28. The Bertz CT molecular complexity index is 594. The molecule has 0 bridgehead atoms. The summed E-state index contributed by atoms with van der Waals surface area (Å²) < 4.78 is 5.60. The minimum absolute atomic E-state index is 0.0348. The van der Waals surface area contributed by atoms with E-state index in [1.54, 1.807) is 23.1 Å². The molecule has 0 aromatic heterocycles. The van der Waals surface area contributed by atoms with Crippen LogP contribution >= 0.6 is 11.6 Å². The van der Waals surface area contributed by atoms with Gasteiger partial charge in [0.05, 0.1) is 5.92 Å². The number of nitrogens with zero attached hydrogens (tertiary/aromatic N) is 1. The Hall–Kier alpha value is -1.79. The zero-order chi connectivity index (χ0) is 17.5. The summed E-state index contributed by atoms with van der Waals surface area (Å²) in [5, 5.41) is 3.42. The average Bonchev–Trinajstić information content (AvgIpc) is 2.58. The third kappa shape index (κ3) is 5.11. The van der Waals surface area contributed by atoms with Gasteiger partial charge < -0.3 is 20.7 Å². The summed E-state index contributed by atoms with van der Waals surface area (Å²) in [6.45, 7) is 3.79. The summed E-state index contributed by atoms with van der Waals surface area (Å²) in [6.07, 6.45) is 1.60. The summed E-state index contributed by atoms with van der Waals surface area (Å²) in [5.41, 5.74) is 6.28. The first kappa shape index (κ1) is 18.5. The molecule has 3 N–H and O–H groups in total. The lowest BCUT2D eigenvalue weighted by molar-refractivity contribution is -0.137. The maximum Gasteiger partial charge on any atom is 0.260 e. The van der Waals surface area contributed by atoms with Crippen molar-refractivity contribution in [3.8, 4) is 5.75 Å². The van der Waals surface area contributed by atoms with Crippen molar-refractivity contribution >= 4 is 23.4 Å². The van der Waals surface area contributed by atoms with Gasteiger partial charge in [0.25, 0.3) is 5.91 Å². The van der Waals surface area contributed by atoms with E-state index in [-0.39, 0.29) is 24.3 Å². The molecule has 7 heteroatoms. The van der Waals surface area contributed by atoms with Crippen LogP contribution in [0.3, 0.4) is 0 Å². The van der Waals surface area contributed by atoms with Crippen molar-refractivity contribution in [2.45, 2.75) is 19.8 Å². The number of carbonyl (C=O) groups is 2. The predicted octanol–water partition coefficient (Wildman–Crippen LogP) is 1.34. The van der Waals surface area contributed by atoms with Crippen molar-refractivity contribution in [3.63, 3.8) is 0 Å². The summed E-state index contributed by atoms with van der Waals surface area (Å²) in [5.74, 6) is 0.321. The fraction of sp³-hybridized carbons (Fsp3) is 0.529. The fourth-order valence-electron chi connectivity index (χ4n) is 2.76. The quantitative estimate of drug-likeness (QED) is 0.808. The van der Waals surface area contributed by atoms with Gasteiger partial charge in [0, 0.05) is 31.2 Å². The molecule has 0 radical (unpaired) electrons. The Morgan fingerprint density at radius 2 is 2.25 bits per heavy atom. The lowest BCUT2D eigenvalue weighted by Gasteiger charge is -2.32. The SMILES string of the molecule is Cc1cc(Cl)ccc1OCC(=O)N1CCCC(C(=O)NCCN)C1. The number of piperidine rings is 1. The van der Waals surface area contributed by atoms with Crippen LogP contribution in [0.4, 0.5) is 0 Å². The first-order valence-corrected chi connectivity index (χ1v) is 8.53. The Balaban J connectivity index is 1.86. The highest BCUT2D eigenvalue weighted by atomic mass is 35.5. The topological polar surface area (TPSA) is 84.7 Å². The zero-order valence-corrected chi connectivity index (χ0v) is 14.6. The van der Waals surface area contributed by atoms with Crippen LogP contribution in [0.15, 0.2) is 18.2 Å². The second-order valence-corrected chi connectivity index (χ2v) is 6.39. The number of carbonyl (C=O) groups excluding carboxylic acids is 2. The van der Waals surface area contributed by atoms with Crippen molar-refractivity contribution in [2.75, 3.05) is 32.8 Å². The van der Waals surface area contributed by atoms with Crippen molar-refractivity contribution in [3.05, 3.63) is 28.8 Å². The molecule has 1 unspecified atom stereocenters. The van der Waals surface area contributed by atoms with Gasteiger partial charge in [-0.05, 0) is 43.5 Å². The van der Waals surface area contributed by atoms with Crippen molar-refractivity contribution in [1.29, 1.82) is 0 Å². The highest BCUT2D eigenvalue weighted by molar-refractivity contribution is 6.30. The van der Waals surface area contributed by atoms with Gasteiger partial charge in [-0.25, -0.2) is 0 Å². The van der Waals surface area contributed by atoms with E-state index in [9.17, 15) is 9.59 Å². The first-order valence-electron chi connectivity index (χ1n) is 8.15. The number of hydrogen-bond acceptors (Lipinski definition) is 4. The fourth-order valence-corrected chi connectivity index (χ4v) is 2.99. The second-order valence-electron chi connectivity index (χ2n) is 5.96. The van der Waals surface area contributed by atoms with Gasteiger partial charge in [0.15, 0.2) is 6.61 Å². The van der Waals surface area contributed by atoms with Gasteiger partial charge in [0.2, 0.25) is 5.91 Å². The van der Waals surface area contributed by atoms with Crippen LogP contribution in [0.2, 0.25) is 5.02 Å². The van der Waals surface area contributed by atoms with Gasteiger partial charge in [0.1, 0.15) is 5.75 Å². The number of hydrogen-bond donors (Lipinski definition) is 2. The van der Waals surface area contributed by atoms with Gasteiger partial charge in [-0.15, -0.1) is 0 Å². The van der Waals surface area contributed by atoms with Crippen molar-refractivity contribution < 1.29 is 14.3 Å². The molecule has 1 aliphatic rings. The van der Waals surface area contributed by atoms with E-state index >= 15 is 0 Å². The molecular formula is C17H24ClN3O3. The second kappa shape index (κ2) is 8.89. The lowest BCUT2D eigenvalue weighted by atomic mass is 9.97. The summed E-state index contributed by atoms with van der Waals surface area (Å²) in [6, 6.07) is 5.28. The average molecular weight is 354 g/mol. The molecule has 1 aromatic carbocycles. The summed E-state index contributed by atoms with van der Waals surface area (Å²) in [4.78, 5) is 26.1. The first-order chi connectivity index (χ1) is 11.5. The van der Waals surface area contributed by atoms with Gasteiger partial charge >= 0.3 is 0 Å². The number of aryl methyl sites for hydroxylation is 1. The third-order valence-electron chi connectivity index (χ3n) is 4.08. The van der Waals surface area contributed by atoms with E-state index in [4.69, 9.17) is 22.1 Å². The maximum atomic E-state index is 12.4. The minimum Gasteiger partial charge on any atom is -0.483 e. The molecule has 6 nitrogen and oxygen atoms in total. The minimum atomic E-state index is -0.175. The van der Waals surface area contributed by atoms with Gasteiger partial charge in [-0.1, -0.05) is 11.6 Å². The normalized spacial score (nSPS) is 17.5. The highest BCUT2D eigenvalue weighted by Crippen LogP contribution is 2.22. The molecule has 2 rings (SSSR count). The molecule has 0 saturated carbocycles. The number of ether oxygens (including phenoxy) is 1. The lowest BCUT2D eigenvalue weighted by Crippen LogP contribution is -2.47. The molecule has 1 saturated heterocycles. The molecule has 24 heavy (non-hydrogen) atoms. The molecule has 132 valence electrons. The number of halogens is 1. The molecule has 1 aliphatic heterocycles. The van der Waals surface area contributed by atoms with E-state index in [2.05, 4.69) is 5.32 Å². The number of amides is 2. The standard InChI is InChI=1S/C17H24ClN3O3/c1-12-9-14(18)4-5-15(12)24-11-16(22)21-8-2-3-13(10-21)17(23)20-7-6-19/h4-5,9,13H,2-3,6-8,10-11,19H2,1H3,(H,20,23). The van der Waals surface area contributed by atoms with Crippen LogP contribution in [0.1, 0.15) is 18.4 Å². The van der Waals surface area contributed by atoms with Crippen molar-refractivity contribution in [1.82, 2.24) is 10.2 Å². The van der Waals surface area contributed by atoms with Crippen LogP contribution < -0.4 is 15.8 Å². The molecule has 0 spiro atoms. The monoisotopic (exact) mass is 353 g/mol. The molecule has 1 fully saturated rings. The zero-order valence-electron chi connectivity index (χ0n) is 13.9. The number of nitrogens with two attached hydrogens (primary N) is 1. The Morgan fingerprint density at radius 3 is 2.96 bits per heavy atom. The van der Waals surface area contributed by atoms with Gasteiger partial charge in [-0.3, -0.25) is 9.59 Å². The number of nitrogens with one attached hydrogen (secondary N) is 1. The van der Waals surface area contributed by atoms with E-state index in [0.29, 0.717) is 37.0 Å². The van der Waals surface area contributed by atoms with Crippen LogP contribution in [0.5, 0.6) is 5.75 Å². The summed E-state index contributed by atoms with van der Waals surface area (Å²) >= 11 is 5.91. The molecule has 1 atom stereocenters. The van der Waals surface area contributed by atoms with E-state index < -0.39 is 0 Å². The Kier molecular flexibility index (Phi) is 6.87. The smallest absolute Gasteiger partial charge is 0.260 e. The number of benzene rings is 1. The van der Waals surface area contributed by atoms with Crippen LogP contribution in [0.25, 0.3) is 0 Å². The molecule has 1 aromatic rings. The Morgan fingerprint density at radius 1 is 1.46 bits per heavy atom. The van der Waals surface area contributed by atoms with E-state index in [1.165, 1.54) is 0 Å². The summed E-state index contributed by atoms with van der Waals surface area (Å²) in [7, 11) is 0. The number of rotatable bonds is 6. The van der Waals surface area contributed by atoms with Crippen molar-refractivity contribution in [2.24, 2.45) is 11.7 Å². The maximum absolute atomic E-state index is 12.4.